The molecule has 0 aliphatic rings. The number of benzene rings is 1. The van der Waals surface area contributed by atoms with Crippen LogP contribution in [0.15, 0.2) is 24.3 Å². The summed E-state index contributed by atoms with van der Waals surface area (Å²) in [7, 11) is 0. The van der Waals surface area contributed by atoms with E-state index in [-0.39, 0.29) is 6.42 Å². The molecular formula is C12H15F3N2O2. The lowest BCUT2D eigenvalue weighted by Crippen LogP contribution is -2.33. The second kappa shape index (κ2) is 6.53. The zero-order valence-corrected chi connectivity index (χ0v) is 10.1. The van der Waals surface area contributed by atoms with Gasteiger partial charge in [0.2, 0.25) is 0 Å². The third-order valence-electron chi connectivity index (χ3n) is 2.56. The first-order valence-corrected chi connectivity index (χ1v) is 5.66. The molecule has 0 saturated carbocycles. The number of hydrogen-bond donors (Lipinski definition) is 3. The van der Waals surface area contributed by atoms with Gasteiger partial charge in [-0.3, -0.25) is 4.79 Å². The summed E-state index contributed by atoms with van der Waals surface area (Å²) in [6, 6.07) is 3.86. The van der Waals surface area contributed by atoms with E-state index in [1.807, 2.05) is 0 Å². The van der Waals surface area contributed by atoms with Crippen LogP contribution in [0.2, 0.25) is 0 Å². The summed E-state index contributed by atoms with van der Waals surface area (Å²) in [5.41, 5.74) is 5.30. The van der Waals surface area contributed by atoms with E-state index >= 15 is 0 Å². The van der Waals surface area contributed by atoms with Gasteiger partial charge in [-0.1, -0.05) is 12.1 Å². The molecule has 4 N–H and O–H groups in total. The number of carboxylic acid groups (broad SMARTS) is 1. The molecule has 0 heterocycles. The van der Waals surface area contributed by atoms with Gasteiger partial charge in [0.25, 0.3) is 0 Å². The molecule has 0 saturated heterocycles. The van der Waals surface area contributed by atoms with Crippen LogP contribution in [0.25, 0.3) is 0 Å². The molecule has 1 rings (SSSR count). The maximum absolute atomic E-state index is 12.3. The number of rotatable bonds is 6. The molecule has 0 aliphatic carbocycles. The van der Waals surface area contributed by atoms with E-state index in [1.165, 1.54) is 12.1 Å². The fourth-order valence-electron chi connectivity index (χ4n) is 1.43. The van der Waals surface area contributed by atoms with Crippen molar-refractivity contribution in [1.29, 1.82) is 0 Å². The summed E-state index contributed by atoms with van der Waals surface area (Å²) in [4.78, 5) is 10.4. The number of nitrogens with two attached hydrogens (primary N) is 1. The highest BCUT2D eigenvalue weighted by molar-refractivity contribution is 5.72. The summed E-state index contributed by atoms with van der Waals surface area (Å²) in [6.45, 7) is 0.749. The van der Waals surface area contributed by atoms with E-state index in [9.17, 15) is 18.0 Å². The van der Waals surface area contributed by atoms with Crippen molar-refractivity contribution in [2.75, 3.05) is 6.54 Å². The van der Waals surface area contributed by atoms with E-state index < -0.39 is 23.8 Å². The van der Waals surface area contributed by atoms with E-state index in [0.29, 0.717) is 18.7 Å². The average Bonchev–Trinajstić information content (AvgIpc) is 2.33. The van der Waals surface area contributed by atoms with Crippen LogP contribution in [0.3, 0.4) is 0 Å². The van der Waals surface area contributed by atoms with Gasteiger partial charge in [0.15, 0.2) is 0 Å². The van der Waals surface area contributed by atoms with Gasteiger partial charge in [-0.2, -0.15) is 13.2 Å². The van der Waals surface area contributed by atoms with E-state index in [0.717, 1.165) is 12.1 Å². The Morgan fingerprint density at radius 1 is 1.32 bits per heavy atom. The van der Waals surface area contributed by atoms with Crippen LogP contribution in [0.5, 0.6) is 0 Å². The van der Waals surface area contributed by atoms with Crippen LogP contribution in [0, 0.1) is 0 Å². The molecule has 1 aromatic carbocycles. The predicted octanol–water partition coefficient (Wildman–Crippen LogP) is 1.60. The smallest absolute Gasteiger partial charge is 0.416 e. The Morgan fingerprint density at radius 3 is 2.37 bits per heavy atom. The van der Waals surface area contributed by atoms with Gasteiger partial charge in [-0.15, -0.1) is 0 Å². The van der Waals surface area contributed by atoms with Crippen LogP contribution in [-0.2, 0) is 17.5 Å². The molecule has 4 nitrogen and oxygen atoms in total. The molecule has 0 radical (unpaired) electrons. The number of carbonyl (C=O) groups is 1. The zero-order valence-electron chi connectivity index (χ0n) is 10.1. The number of aliphatic carboxylic acids is 1. The van der Waals surface area contributed by atoms with E-state index in [1.54, 1.807) is 0 Å². The average molecular weight is 276 g/mol. The SMILES string of the molecule is N[C@@H](CCNCc1ccc(C(F)(F)F)cc1)C(=O)O. The van der Waals surface area contributed by atoms with Gasteiger partial charge in [0.05, 0.1) is 5.56 Å². The Hall–Kier alpha value is -1.60. The first-order valence-electron chi connectivity index (χ1n) is 5.66. The van der Waals surface area contributed by atoms with Gasteiger partial charge < -0.3 is 16.2 Å². The molecule has 0 fully saturated rings. The molecule has 19 heavy (non-hydrogen) atoms. The highest BCUT2D eigenvalue weighted by atomic mass is 19.4. The van der Waals surface area contributed by atoms with Crippen molar-refractivity contribution < 1.29 is 23.1 Å². The second-order valence-electron chi connectivity index (χ2n) is 4.10. The van der Waals surface area contributed by atoms with Crippen molar-refractivity contribution >= 4 is 5.97 Å². The molecule has 0 amide bonds. The monoisotopic (exact) mass is 276 g/mol. The topological polar surface area (TPSA) is 75.3 Å². The molecule has 1 aromatic rings. The second-order valence-corrected chi connectivity index (χ2v) is 4.10. The van der Waals surface area contributed by atoms with Crippen molar-refractivity contribution in [3.05, 3.63) is 35.4 Å². The molecule has 106 valence electrons. The predicted molar refractivity (Wildman–Crippen MR) is 63.4 cm³/mol. The van der Waals surface area contributed by atoms with Gasteiger partial charge in [-0.25, -0.2) is 0 Å². The largest absolute Gasteiger partial charge is 0.480 e. The van der Waals surface area contributed by atoms with Crippen LogP contribution in [0.4, 0.5) is 13.2 Å². The molecule has 0 aromatic heterocycles. The molecular weight excluding hydrogens is 261 g/mol. The van der Waals surface area contributed by atoms with Crippen LogP contribution in [0.1, 0.15) is 17.5 Å². The van der Waals surface area contributed by atoms with Crippen molar-refractivity contribution in [2.24, 2.45) is 5.73 Å². The lowest BCUT2D eigenvalue weighted by atomic mass is 10.1. The summed E-state index contributed by atoms with van der Waals surface area (Å²) in [5.74, 6) is -1.07. The molecule has 7 heteroatoms. The highest BCUT2D eigenvalue weighted by Crippen LogP contribution is 2.28. The van der Waals surface area contributed by atoms with Crippen molar-refractivity contribution in [3.63, 3.8) is 0 Å². The summed E-state index contributed by atoms with van der Waals surface area (Å²) < 4.78 is 36.9. The van der Waals surface area contributed by atoms with Crippen molar-refractivity contribution in [3.8, 4) is 0 Å². The van der Waals surface area contributed by atoms with Crippen molar-refractivity contribution in [1.82, 2.24) is 5.32 Å². The lowest BCUT2D eigenvalue weighted by molar-refractivity contribution is -0.139. The van der Waals surface area contributed by atoms with Crippen LogP contribution >= 0.6 is 0 Å². The molecule has 1 atom stereocenters. The van der Waals surface area contributed by atoms with E-state index in [2.05, 4.69) is 5.32 Å². The van der Waals surface area contributed by atoms with Gasteiger partial charge >= 0.3 is 12.1 Å². The first kappa shape index (κ1) is 15.5. The number of alkyl halides is 3. The minimum Gasteiger partial charge on any atom is -0.480 e. The number of hydrogen-bond acceptors (Lipinski definition) is 3. The van der Waals surface area contributed by atoms with E-state index in [4.69, 9.17) is 10.8 Å². The third-order valence-corrected chi connectivity index (χ3v) is 2.56. The number of halogens is 3. The fourth-order valence-corrected chi connectivity index (χ4v) is 1.43. The maximum atomic E-state index is 12.3. The number of nitrogens with one attached hydrogen (secondary N) is 1. The third kappa shape index (κ3) is 5.27. The minimum absolute atomic E-state index is 0.260. The standard InChI is InChI=1S/C12H15F3N2O2/c13-12(14,15)9-3-1-8(2-4-9)7-17-6-5-10(16)11(18)19/h1-4,10,17H,5-7,16H2,(H,18,19)/t10-/m0/s1. The Balaban J connectivity index is 2.37. The molecule has 0 bridgehead atoms. The normalized spacial score (nSPS) is 13.3. The Labute approximate surface area is 108 Å². The summed E-state index contributed by atoms with van der Waals surface area (Å²) >= 11 is 0. The Kier molecular flexibility index (Phi) is 5.31. The summed E-state index contributed by atoms with van der Waals surface area (Å²) in [6.07, 6.45) is -4.07. The van der Waals surface area contributed by atoms with Gasteiger partial charge in [-0.05, 0) is 30.7 Å². The lowest BCUT2D eigenvalue weighted by Gasteiger charge is -2.09. The highest BCUT2D eigenvalue weighted by Gasteiger charge is 2.29. The first-order chi connectivity index (χ1) is 8.80. The van der Waals surface area contributed by atoms with Crippen LogP contribution in [-0.4, -0.2) is 23.7 Å². The van der Waals surface area contributed by atoms with Gasteiger partial charge in [0.1, 0.15) is 6.04 Å². The quantitative estimate of drug-likeness (QED) is 0.690. The fraction of sp³-hybridized carbons (Fsp3) is 0.417. The maximum Gasteiger partial charge on any atom is 0.416 e. The minimum atomic E-state index is -4.33. The number of carboxylic acids is 1. The molecule has 0 aliphatic heterocycles. The van der Waals surface area contributed by atoms with Gasteiger partial charge in [0, 0.05) is 6.54 Å². The zero-order chi connectivity index (χ0) is 14.5. The molecule has 0 spiro atoms. The Morgan fingerprint density at radius 2 is 1.89 bits per heavy atom. The van der Waals surface area contributed by atoms with Crippen LogP contribution < -0.4 is 11.1 Å². The molecule has 0 unspecified atom stereocenters. The Bertz CT molecular complexity index is 418. The van der Waals surface area contributed by atoms with Crippen molar-refractivity contribution in [2.45, 2.75) is 25.2 Å². The summed E-state index contributed by atoms with van der Waals surface area (Å²) in [5, 5.41) is 11.5.